The van der Waals surface area contributed by atoms with E-state index in [1.165, 1.54) is 0 Å². The van der Waals surface area contributed by atoms with Crippen molar-refractivity contribution in [2.75, 3.05) is 11.5 Å². The topological polar surface area (TPSA) is 156 Å². The van der Waals surface area contributed by atoms with Crippen molar-refractivity contribution in [2.45, 2.75) is 26.2 Å². The molecule has 52 heavy (non-hydrogen) atoms. The van der Waals surface area contributed by atoms with Crippen molar-refractivity contribution in [2.24, 2.45) is 22.9 Å². The third-order valence-electron chi connectivity index (χ3n) is 10.4. The molecule has 0 bridgehead atoms. The van der Waals surface area contributed by atoms with Gasteiger partial charge in [0.25, 0.3) is 0 Å². The first kappa shape index (κ1) is 33.1. The van der Waals surface area contributed by atoms with Gasteiger partial charge in [0, 0.05) is 64.7 Å². The fraction of sp³-hybridized carbons (Fsp3) is 0.0870. The fourth-order valence-electron chi connectivity index (χ4n) is 7.64. The largest absolute Gasteiger partial charge is 0.398 e. The standard InChI is InChI=1S/C46H42N6/c47-23-27-5-13-31(14-6-27)40-39-22-38-37(21-35-3-1-2-4-36(35)45(38)51)46(52)44(39)43(34-19-11-30(26-50)12-20-34)42(33-17-9-29(25-49)10-18-33)41(40)32-15-7-28(24-48)8-16-32/h1-22H,23-26,47-52H2. The van der Waals surface area contributed by atoms with Gasteiger partial charge >= 0.3 is 0 Å². The molecule has 0 atom stereocenters. The van der Waals surface area contributed by atoms with Gasteiger partial charge in [-0.25, -0.2) is 0 Å². The molecular weight excluding hydrogens is 637 g/mol. The van der Waals surface area contributed by atoms with E-state index in [-0.39, 0.29) is 0 Å². The number of nitrogens with two attached hydrogens (primary N) is 6. The fourth-order valence-corrected chi connectivity index (χ4v) is 7.64. The second kappa shape index (κ2) is 13.6. The third kappa shape index (κ3) is 5.55. The highest BCUT2D eigenvalue weighted by Crippen LogP contribution is 2.54. The van der Waals surface area contributed by atoms with Crippen LogP contribution in [0.3, 0.4) is 0 Å². The lowest BCUT2D eigenvalue weighted by Crippen LogP contribution is -2.03. The van der Waals surface area contributed by atoms with Gasteiger partial charge in [0.2, 0.25) is 0 Å². The van der Waals surface area contributed by atoms with Crippen molar-refractivity contribution in [1.82, 2.24) is 0 Å². The van der Waals surface area contributed by atoms with E-state index >= 15 is 0 Å². The molecule has 0 aliphatic heterocycles. The minimum atomic E-state index is 0.448. The minimum absolute atomic E-state index is 0.448. The lowest BCUT2D eigenvalue weighted by atomic mass is 9.77. The van der Waals surface area contributed by atoms with Crippen LogP contribution >= 0.6 is 0 Å². The summed E-state index contributed by atoms with van der Waals surface area (Å²) >= 11 is 0. The van der Waals surface area contributed by atoms with Crippen molar-refractivity contribution in [3.63, 3.8) is 0 Å². The first-order chi connectivity index (χ1) is 25.4. The molecule has 0 radical (unpaired) electrons. The summed E-state index contributed by atoms with van der Waals surface area (Å²) in [6, 6.07) is 46.8. The van der Waals surface area contributed by atoms with Crippen molar-refractivity contribution in [1.29, 1.82) is 0 Å². The maximum Gasteiger partial charge on any atom is 0.0481 e. The van der Waals surface area contributed by atoms with Gasteiger partial charge in [0.1, 0.15) is 0 Å². The summed E-state index contributed by atoms with van der Waals surface area (Å²) in [6.07, 6.45) is 0. The molecule has 12 N–H and O–H groups in total. The smallest absolute Gasteiger partial charge is 0.0481 e. The van der Waals surface area contributed by atoms with Crippen LogP contribution in [0.1, 0.15) is 22.3 Å². The van der Waals surface area contributed by atoms with Gasteiger partial charge in [-0.05, 0) is 84.1 Å². The van der Waals surface area contributed by atoms with Gasteiger partial charge in [0.15, 0.2) is 0 Å². The van der Waals surface area contributed by atoms with E-state index in [1.54, 1.807) is 0 Å². The Bertz CT molecular complexity index is 2590. The van der Waals surface area contributed by atoms with E-state index in [2.05, 4.69) is 121 Å². The first-order valence-corrected chi connectivity index (χ1v) is 17.6. The molecular formula is C46H42N6. The van der Waals surface area contributed by atoms with Crippen LogP contribution < -0.4 is 34.4 Å². The number of hydrogen-bond donors (Lipinski definition) is 6. The highest BCUT2D eigenvalue weighted by molar-refractivity contribution is 6.28. The Morgan fingerprint density at radius 3 is 1.17 bits per heavy atom. The van der Waals surface area contributed by atoms with Crippen LogP contribution in [0.2, 0.25) is 0 Å². The predicted molar refractivity (Wildman–Crippen MR) is 221 cm³/mol. The number of nitrogen functional groups attached to an aromatic ring is 2. The third-order valence-corrected chi connectivity index (χ3v) is 10.4. The summed E-state index contributed by atoms with van der Waals surface area (Å²) in [5.74, 6) is 0. The van der Waals surface area contributed by atoms with Crippen LogP contribution in [0.4, 0.5) is 11.4 Å². The summed E-state index contributed by atoms with van der Waals surface area (Å²) < 4.78 is 0. The van der Waals surface area contributed by atoms with Gasteiger partial charge in [0.05, 0.1) is 0 Å². The van der Waals surface area contributed by atoms with Crippen LogP contribution in [-0.4, -0.2) is 0 Å². The Hall–Kier alpha value is -6.02. The Morgan fingerprint density at radius 2 is 0.712 bits per heavy atom. The zero-order valence-electron chi connectivity index (χ0n) is 29.0. The van der Waals surface area contributed by atoms with Crippen molar-refractivity contribution >= 4 is 43.7 Å². The lowest BCUT2D eigenvalue weighted by Gasteiger charge is -2.26. The lowest BCUT2D eigenvalue weighted by molar-refractivity contribution is 1.07. The summed E-state index contributed by atoms with van der Waals surface area (Å²) in [4.78, 5) is 0. The quantitative estimate of drug-likeness (QED) is 0.0697. The SMILES string of the molecule is NCc1ccc(-c2c(-c3ccc(CN)cc3)c(-c3ccc(CN)cc3)c3c(N)c4cc5ccccc5c(N)c4cc3c2-c2ccc(CN)cc2)cc1. The minimum Gasteiger partial charge on any atom is -0.398 e. The molecule has 8 aromatic rings. The highest BCUT2D eigenvalue weighted by atomic mass is 14.6. The molecule has 6 nitrogen and oxygen atoms in total. The predicted octanol–water partition coefficient (Wildman–Crippen LogP) is 8.81. The molecule has 6 heteroatoms. The van der Waals surface area contributed by atoms with Gasteiger partial charge in [-0.15, -0.1) is 0 Å². The molecule has 0 heterocycles. The van der Waals surface area contributed by atoms with Crippen LogP contribution in [0.5, 0.6) is 0 Å². The van der Waals surface area contributed by atoms with Gasteiger partial charge in [-0.3, -0.25) is 0 Å². The number of hydrogen-bond acceptors (Lipinski definition) is 6. The van der Waals surface area contributed by atoms with Crippen molar-refractivity contribution in [3.05, 3.63) is 156 Å². The molecule has 0 spiro atoms. The molecule has 0 aromatic heterocycles. The Labute approximate surface area is 303 Å². The van der Waals surface area contributed by atoms with Crippen molar-refractivity contribution in [3.8, 4) is 44.5 Å². The summed E-state index contributed by atoms with van der Waals surface area (Å²) in [6.45, 7) is 1.80. The maximum atomic E-state index is 7.50. The Morgan fingerprint density at radius 1 is 0.327 bits per heavy atom. The van der Waals surface area contributed by atoms with Crippen LogP contribution in [-0.2, 0) is 26.2 Å². The zero-order valence-corrected chi connectivity index (χ0v) is 29.0. The summed E-state index contributed by atoms with van der Waals surface area (Å²) in [5, 5.41) is 5.83. The number of anilines is 2. The molecule has 8 aromatic carbocycles. The molecule has 256 valence electrons. The molecule has 0 saturated carbocycles. The van der Waals surface area contributed by atoms with Gasteiger partial charge in [-0.1, -0.05) is 121 Å². The van der Waals surface area contributed by atoms with Crippen LogP contribution in [0.25, 0.3) is 76.8 Å². The summed E-state index contributed by atoms with van der Waals surface area (Å²) in [5.41, 5.74) is 52.9. The van der Waals surface area contributed by atoms with Crippen LogP contribution in [0, 0.1) is 0 Å². The van der Waals surface area contributed by atoms with Crippen molar-refractivity contribution < 1.29 is 0 Å². The highest BCUT2D eigenvalue weighted by Gasteiger charge is 2.27. The van der Waals surface area contributed by atoms with E-state index in [4.69, 9.17) is 34.4 Å². The Kier molecular flexibility index (Phi) is 8.67. The average molecular weight is 679 g/mol. The van der Waals surface area contributed by atoms with E-state index in [1.807, 2.05) is 12.1 Å². The second-order valence-electron chi connectivity index (χ2n) is 13.4. The molecule has 0 amide bonds. The van der Waals surface area contributed by atoms with Gasteiger partial charge in [-0.2, -0.15) is 0 Å². The number of fused-ring (bicyclic) bond motifs is 3. The average Bonchev–Trinajstić information content (AvgIpc) is 3.21. The molecule has 0 unspecified atom stereocenters. The summed E-state index contributed by atoms with van der Waals surface area (Å²) in [7, 11) is 0. The Balaban J connectivity index is 1.66. The van der Waals surface area contributed by atoms with Crippen LogP contribution in [0.15, 0.2) is 133 Å². The molecule has 0 aliphatic rings. The number of rotatable bonds is 8. The molecule has 0 aliphatic carbocycles. The van der Waals surface area contributed by atoms with E-state index in [0.29, 0.717) is 37.6 Å². The maximum absolute atomic E-state index is 7.50. The first-order valence-electron chi connectivity index (χ1n) is 17.6. The molecule has 0 saturated heterocycles. The molecule has 8 rings (SSSR count). The van der Waals surface area contributed by atoms with Gasteiger partial charge < -0.3 is 34.4 Å². The van der Waals surface area contributed by atoms with E-state index in [9.17, 15) is 0 Å². The zero-order chi connectivity index (χ0) is 35.9. The second-order valence-corrected chi connectivity index (χ2v) is 13.4. The normalized spacial score (nSPS) is 11.5. The monoisotopic (exact) mass is 678 g/mol. The van der Waals surface area contributed by atoms with E-state index in [0.717, 1.165) is 99.1 Å². The number of benzene rings is 8. The van der Waals surface area contributed by atoms with E-state index < -0.39 is 0 Å². The molecule has 0 fully saturated rings.